The molecule has 3 rings (SSSR count). The quantitative estimate of drug-likeness (QED) is 0.323. The molecule has 0 bridgehead atoms. The molecule has 0 aromatic heterocycles. The SMILES string of the molecule is CC[C@H](C(=O)NC(C)(C)C)N(Cc1ccccc1Cl)C(=O)CN(c1ccc(C)c(C)c1)S(=O)(=O)c1ccccc1. The van der Waals surface area contributed by atoms with Crippen LogP contribution in [0.25, 0.3) is 0 Å². The minimum absolute atomic E-state index is 0.0424. The zero-order valence-electron chi connectivity index (χ0n) is 23.9. The Bertz CT molecular complexity index is 1450. The van der Waals surface area contributed by atoms with Crippen LogP contribution in [0.1, 0.15) is 50.8 Å². The molecule has 7 nitrogen and oxygen atoms in total. The van der Waals surface area contributed by atoms with E-state index in [1.54, 1.807) is 54.6 Å². The number of carbonyl (C=O) groups is 2. The predicted molar refractivity (Wildman–Crippen MR) is 161 cm³/mol. The largest absolute Gasteiger partial charge is 0.350 e. The van der Waals surface area contributed by atoms with Crippen molar-refractivity contribution in [2.24, 2.45) is 0 Å². The fourth-order valence-corrected chi connectivity index (χ4v) is 5.93. The molecule has 0 heterocycles. The van der Waals surface area contributed by atoms with Crippen LogP contribution in [-0.4, -0.2) is 43.3 Å². The average molecular weight is 584 g/mol. The summed E-state index contributed by atoms with van der Waals surface area (Å²) < 4.78 is 28.9. The number of halogens is 1. The molecular weight excluding hydrogens is 546 g/mol. The molecule has 40 heavy (non-hydrogen) atoms. The van der Waals surface area contributed by atoms with Crippen molar-refractivity contribution in [3.8, 4) is 0 Å². The zero-order valence-corrected chi connectivity index (χ0v) is 25.5. The van der Waals surface area contributed by atoms with Gasteiger partial charge in [0.2, 0.25) is 11.8 Å². The summed E-state index contributed by atoms with van der Waals surface area (Å²) in [5, 5.41) is 3.42. The van der Waals surface area contributed by atoms with Gasteiger partial charge in [0.05, 0.1) is 10.6 Å². The van der Waals surface area contributed by atoms with Gasteiger partial charge in [-0.1, -0.05) is 61.0 Å². The molecule has 0 saturated heterocycles. The molecular formula is C31H38ClN3O4S. The van der Waals surface area contributed by atoms with Crippen molar-refractivity contribution in [1.82, 2.24) is 10.2 Å². The summed E-state index contributed by atoms with van der Waals surface area (Å²) in [5.41, 5.74) is 2.39. The highest BCUT2D eigenvalue weighted by atomic mass is 35.5. The van der Waals surface area contributed by atoms with Gasteiger partial charge in [0.25, 0.3) is 10.0 Å². The van der Waals surface area contributed by atoms with Gasteiger partial charge in [-0.15, -0.1) is 0 Å². The Labute approximate surface area is 243 Å². The highest BCUT2D eigenvalue weighted by Gasteiger charge is 2.34. The van der Waals surface area contributed by atoms with Crippen LogP contribution in [0.3, 0.4) is 0 Å². The first-order valence-electron chi connectivity index (χ1n) is 13.2. The predicted octanol–water partition coefficient (Wildman–Crippen LogP) is 5.87. The number of aryl methyl sites for hydroxylation is 2. The van der Waals surface area contributed by atoms with E-state index in [9.17, 15) is 18.0 Å². The van der Waals surface area contributed by atoms with Crippen LogP contribution in [0.15, 0.2) is 77.7 Å². The Balaban J connectivity index is 2.10. The highest BCUT2D eigenvalue weighted by Crippen LogP contribution is 2.27. The van der Waals surface area contributed by atoms with E-state index < -0.39 is 34.1 Å². The molecule has 3 aromatic rings. The maximum absolute atomic E-state index is 14.1. The Morgan fingerprint density at radius 2 is 1.55 bits per heavy atom. The normalized spacial score (nSPS) is 12.5. The zero-order chi connectivity index (χ0) is 29.7. The van der Waals surface area contributed by atoms with Crippen molar-refractivity contribution >= 4 is 39.1 Å². The van der Waals surface area contributed by atoms with Crippen LogP contribution in [0.2, 0.25) is 5.02 Å². The minimum Gasteiger partial charge on any atom is -0.350 e. The molecule has 0 aliphatic heterocycles. The molecule has 1 atom stereocenters. The Kier molecular flexibility index (Phi) is 10.0. The third kappa shape index (κ3) is 7.64. The van der Waals surface area contributed by atoms with Crippen LogP contribution >= 0.6 is 11.6 Å². The summed E-state index contributed by atoms with van der Waals surface area (Å²) >= 11 is 6.45. The molecule has 2 amide bonds. The van der Waals surface area contributed by atoms with E-state index in [1.165, 1.54) is 17.0 Å². The number of hydrogen-bond donors (Lipinski definition) is 1. The van der Waals surface area contributed by atoms with Gasteiger partial charge in [0, 0.05) is 17.1 Å². The van der Waals surface area contributed by atoms with Gasteiger partial charge < -0.3 is 10.2 Å². The first-order valence-corrected chi connectivity index (χ1v) is 15.1. The lowest BCUT2D eigenvalue weighted by molar-refractivity contribution is -0.141. The summed E-state index contributed by atoms with van der Waals surface area (Å²) in [6.45, 7) is 10.8. The summed E-state index contributed by atoms with van der Waals surface area (Å²) in [5.74, 6) is -0.840. The Morgan fingerprint density at radius 1 is 0.925 bits per heavy atom. The molecule has 0 unspecified atom stereocenters. The van der Waals surface area contributed by atoms with E-state index in [4.69, 9.17) is 11.6 Å². The number of rotatable bonds is 10. The van der Waals surface area contributed by atoms with E-state index in [0.717, 1.165) is 15.4 Å². The second-order valence-corrected chi connectivity index (χ2v) is 13.1. The smallest absolute Gasteiger partial charge is 0.264 e. The van der Waals surface area contributed by atoms with Crippen molar-refractivity contribution in [2.45, 2.75) is 71.0 Å². The van der Waals surface area contributed by atoms with Gasteiger partial charge in [0.15, 0.2) is 0 Å². The maximum Gasteiger partial charge on any atom is 0.264 e. The van der Waals surface area contributed by atoms with Crippen LogP contribution in [0, 0.1) is 13.8 Å². The molecule has 0 fully saturated rings. The molecule has 0 radical (unpaired) electrons. The van der Waals surface area contributed by atoms with Gasteiger partial charge in [-0.3, -0.25) is 13.9 Å². The lowest BCUT2D eigenvalue weighted by Gasteiger charge is -2.35. The van der Waals surface area contributed by atoms with Crippen molar-refractivity contribution < 1.29 is 18.0 Å². The van der Waals surface area contributed by atoms with Crippen molar-refractivity contribution in [3.63, 3.8) is 0 Å². The number of anilines is 1. The monoisotopic (exact) mass is 583 g/mol. The maximum atomic E-state index is 14.1. The fourth-order valence-electron chi connectivity index (χ4n) is 4.31. The molecule has 214 valence electrons. The topological polar surface area (TPSA) is 86.8 Å². The molecule has 0 aliphatic rings. The molecule has 0 aliphatic carbocycles. The van der Waals surface area contributed by atoms with Gasteiger partial charge >= 0.3 is 0 Å². The molecule has 9 heteroatoms. The first kappa shape index (κ1) is 31.2. The standard InChI is InChI=1S/C31H38ClN3O4S/c1-7-28(30(37)33-31(4,5)6)34(20-24-13-11-12-16-27(24)32)29(36)21-35(25-18-17-22(2)23(3)19-25)40(38,39)26-14-9-8-10-15-26/h8-19,28H,7,20-21H2,1-6H3,(H,33,37)/t28-/m1/s1. The Hall–Kier alpha value is -3.36. The molecule has 1 N–H and O–H groups in total. The molecule has 3 aromatic carbocycles. The third-order valence-electron chi connectivity index (χ3n) is 6.57. The summed E-state index contributed by atoms with van der Waals surface area (Å²) in [6.07, 6.45) is 0.327. The van der Waals surface area contributed by atoms with Gasteiger partial charge in [-0.05, 0) is 88.1 Å². The fraction of sp³-hybridized carbons (Fsp3) is 0.355. The van der Waals surface area contributed by atoms with Gasteiger partial charge in [-0.25, -0.2) is 8.42 Å². The van der Waals surface area contributed by atoms with E-state index in [0.29, 0.717) is 22.7 Å². The second-order valence-electron chi connectivity index (χ2n) is 10.9. The van der Waals surface area contributed by atoms with Gasteiger partial charge in [-0.2, -0.15) is 0 Å². The third-order valence-corrected chi connectivity index (χ3v) is 8.73. The lowest BCUT2D eigenvalue weighted by atomic mass is 10.1. The average Bonchev–Trinajstić information content (AvgIpc) is 2.89. The van der Waals surface area contributed by atoms with E-state index >= 15 is 0 Å². The number of hydrogen-bond acceptors (Lipinski definition) is 4. The second kappa shape index (κ2) is 12.9. The van der Waals surface area contributed by atoms with E-state index in [2.05, 4.69) is 5.32 Å². The minimum atomic E-state index is -4.12. The summed E-state index contributed by atoms with van der Waals surface area (Å²) in [6, 6.07) is 19.6. The molecule has 0 saturated carbocycles. The highest BCUT2D eigenvalue weighted by molar-refractivity contribution is 7.92. The van der Waals surface area contributed by atoms with Crippen LogP contribution < -0.4 is 9.62 Å². The van der Waals surface area contributed by atoms with Crippen LogP contribution in [0.5, 0.6) is 0 Å². The number of benzene rings is 3. The van der Waals surface area contributed by atoms with Gasteiger partial charge in [0.1, 0.15) is 12.6 Å². The Morgan fingerprint density at radius 3 is 2.12 bits per heavy atom. The van der Waals surface area contributed by atoms with Crippen molar-refractivity contribution in [1.29, 1.82) is 0 Å². The first-order chi connectivity index (χ1) is 18.7. The van der Waals surface area contributed by atoms with Crippen LogP contribution in [0.4, 0.5) is 5.69 Å². The molecule has 0 spiro atoms. The number of nitrogens with one attached hydrogen (secondary N) is 1. The number of carbonyl (C=O) groups excluding carboxylic acids is 2. The van der Waals surface area contributed by atoms with Crippen molar-refractivity contribution in [3.05, 3.63) is 94.5 Å². The summed E-state index contributed by atoms with van der Waals surface area (Å²) in [4.78, 5) is 29.0. The number of amides is 2. The van der Waals surface area contributed by atoms with E-state index in [1.807, 2.05) is 47.6 Å². The summed E-state index contributed by atoms with van der Waals surface area (Å²) in [7, 11) is -4.12. The van der Waals surface area contributed by atoms with Crippen molar-refractivity contribution in [2.75, 3.05) is 10.8 Å². The van der Waals surface area contributed by atoms with E-state index in [-0.39, 0.29) is 17.3 Å². The number of nitrogens with zero attached hydrogens (tertiary/aromatic N) is 2. The number of sulfonamides is 1. The van der Waals surface area contributed by atoms with Crippen LogP contribution in [-0.2, 0) is 26.2 Å². The lowest BCUT2D eigenvalue weighted by Crippen LogP contribution is -2.55.